The van der Waals surface area contributed by atoms with Gasteiger partial charge in [-0.1, -0.05) is 12.1 Å². The summed E-state index contributed by atoms with van der Waals surface area (Å²) in [5.74, 6) is 0. The first-order valence-electron chi connectivity index (χ1n) is 14.0. The highest BCUT2D eigenvalue weighted by atomic mass is 15.3. The maximum atomic E-state index is 4.61. The van der Waals surface area contributed by atoms with Gasteiger partial charge in [-0.2, -0.15) is 0 Å². The number of nitrogens with zero attached hydrogens (tertiary/aromatic N) is 6. The van der Waals surface area contributed by atoms with Crippen molar-refractivity contribution >= 4 is 0 Å². The molecule has 0 radical (unpaired) electrons. The number of quaternary nitrogens is 2. The molecule has 2 aromatic rings. The Kier molecular flexibility index (Phi) is 13.6. The van der Waals surface area contributed by atoms with E-state index in [2.05, 4.69) is 86.3 Å². The van der Waals surface area contributed by atoms with Gasteiger partial charge in [-0.15, -0.1) is 0 Å². The highest BCUT2D eigenvalue weighted by Crippen LogP contribution is 2.10. The number of pyridine rings is 2. The molecule has 0 saturated heterocycles. The smallest absolute Gasteiger partial charge is 0.0780 e. The van der Waals surface area contributed by atoms with Crippen molar-refractivity contribution in [1.82, 2.24) is 19.8 Å². The SMILES string of the molecule is C[N+](C)(C)CCCCCN(CCN(CCCCC[N+](C)(C)C)Cc1ccccn1)Cc1ccccn1. The molecule has 36 heavy (non-hydrogen) atoms. The van der Waals surface area contributed by atoms with Crippen molar-refractivity contribution in [2.24, 2.45) is 0 Å². The molecule has 6 heteroatoms. The minimum Gasteiger partial charge on any atom is -0.331 e. The lowest BCUT2D eigenvalue weighted by molar-refractivity contribution is -0.870. The van der Waals surface area contributed by atoms with Crippen LogP contribution in [0.15, 0.2) is 48.8 Å². The summed E-state index contributed by atoms with van der Waals surface area (Å²) in [7, 11) is 13.7. The zero-order valence-electron chi connectivity index (χ0n) is 24.2. The first-order valence-corrected chi connectivity index (χ1v) is 14.0. The van der Waals surface area contributed by atoms with Crippen molar-refractivity contribution in [2.75, 3.05) is 81.6 Å². The number of rotatable bonds is 19. The summed E-state index contributed by atoms with van der Waals surface area (Å²) in [5, 5.41) is 0. The maximum Gasteiger partial charge on any atom is 0.0780 e. The molecule has 0 aliphatic carbocycles. The number of aromatic nitrogens is 2. The molecule has 0 aliphatic heterocycles. The van der Waals surface area contributed by atoms with Crippen molar-refractivity contribution < 1.29 is 8.97 Å². The predicted molar refractivity (Wildman–Crippen MR) is 153 cm³/mol. The highest BCUT2D eigenvalue weighted by Gasteiger charge is 2.13. The van der Waals surface area contributed by atoms with Crippen LogP contribution in [0, 0.1) is 0 Å². The molecule has 0 amide bonds. The second kappa shape index (κ2) is 16.1. The Labute approximate surface area is 222 Å². The first-order chi connectivity index (χ1) is 17.1. The monoisotopic (exact) mass is 498 g/mol. The van der Waals surface area contributed by atoms with Crippen LogP contribution in [-0.4, -0.2) is 110 Å². The minimum absolute atomic E-state index is 0.928. The molecule has 0 bridgehead atoms. The molecule has 2 rings (SSSR count). The molecule has 2 heterocycles. The second-order valence-electron chi connectivity index (χ2n) is 12.3. The predicted octanol–water partition coefficient (Wildman–Crippen LogP) is 4.53. The summed E-state index contributed by atoms with van der Waals surface area (Å²) in [5.41, 5.74) is 2.33. The Morgan fingerprint density at radius 2 is 0.944 bits per heavy atom. The first kappa shape index (κ1) is 30.4. The van der Waals surface area contributed by atoms with E-state index in [-0.39, 0.29) is 0 Å². The molecule has 0 spiro atoms. The fourth-order valence-corrected chi connectivity index (χ4v) is 4.46. The molecule has 2 aromatic heterocycles. The Morgan fingerprint density at radius 1 is 0.528 bits per heavy atom. The normalized spacial score (nSPS) is 12.6. The summed E-state index contributed by atoms with van der Waals surface area (Å²) in [6.07, 6.45) is 11.5. The molecule has 0 unspecified atom stereocenters. The Balaban J connectivity index is 1.91. The van der Waals surface area contributed by atoms with E-state index in [1.165, 1.54) is 63.0 Å². The average Bonchev–Trinajstić information content (AvgIpc) is 2.81. The molecular formula is C30H54N6+2. The van der Waals surface area contributed by atoms with Gasteiger partial charge in [0.2, 0.25) is 0 Å². The van der Waals surface area contributed by atoms with E-state index in [0.29, 0.717) is 0 Å². The van der Waals surface area contributed by atoms with E-state index in [1.807, 2.05) is 24.5 Å². The molecule has 0 saturated carbocycles. The van der Waals surface area contributed by atoms with E-state index in [0.717, 1.165) is 48.2 Å². The van der Waals surface area contributed by atoms with E-state index < -0.39 is 0 Å². The zero-order valence-corrected chi connectivity index (χ0v) is 24.2. The molecule has 0 atom stereocenters. The third kappa shape index (κ3) is 15.3. The van der Waals surface area contributed by atoms with Crippen molar-refractivity contribution in [3.05, 3.63) is 60.2 Å². The number of hydrogen-bond donors (Lipinski definition) is 0. The van der Waals surface area contributed by atoms with Crippen LogP contribution in [0.4, 0.5) is 0 Å². The van der Waals surface area contributed by atoms with Crippen LogP contribution in [0.2, 0.25) is 0 Å². The van der Waals surface area contributed by atoms with Crippen molar-refractivity contribution in [2.45, 2.75) is 51.6 Å². The highest BCUT2D eigenvalue weighted by molar-refractivity contribution is 5.04. The van der Waals surface area contributed by atoms with Gasteiger partial charge in [-0.25, -0.2) is 0 Å². The van der Waals surface area contributed by atoms with Crippen LogP contribution >= 0.6 is 0 Å². The molecule has 6 nitrogen and oxygen atoms in total. The summed E-state index contributed by atoms with van der Waals surface area (Å²) < 4.78 is 2.10. The topological polar surface area (TPSA) is 32.3 Å². The molecular weight excluding hydrogens is 444 g/mol. The van der Waals surface area contributed by atoms with Gasteiger partial charge in [-0.05, 0) is 75.9 Å². The fourth-order valence-electron chi connectivity index (χ4n) is 4.46. The lowest BCUT2D eigenvalue weighted by Crippen LogP contribution is -2.37. The van der Waals surface area contributed by atoms with Gasteiger partial charge in [0, 0.05) is 38.6 Å². The van der Waals surface area contributed by atoms with Gasteiger partial charge in [0.25, 0.3) is 0 Å². The number of unbranched alkanes of at least 4 members (excludes halogenated alkanes) is 4. The zero-order chi connectivity index (χ0) is 26.3. The third-order valence-corrected chi connectivity index (χ3v) is 6.56. The Hall–Kier alpha value is -1.86. The van der Waals surface area contributed by atoms with Crippen LogP contribution in [0.3, 0.4) is 0 Å². The van der Waals surface area contributed by atoms with Gasteiger partial charge in [0.05, 0.1) is 66.8 Å². The minimum atomic E-state index is 0.928. The van der Waals surface area contributed by atoms with Crippen molar-refractivity contribution in [1.29, 1.82) is 0 Å². The quantitative estimate of drug-likeness (QED) is 0.210. The van der Waals surface area contributed by atoms with Crippen LogP contribution in [0.1, 0.15) is 49.9 Å². The lowest BCUT2D eigenvalue weighted by Gasteiger charge is -2.28. The lowest BCUT2D eigenvalue weighted by atomic mass is 10.2. The van der Waals surface area contributed by atoms with E-state index in [1.54, 1.807) is 0 Å². The number of hydrogen-bond acceptors (Lipinski definition) is 4. The molecule has 0 fully saturated rings. The van der Waals surface area contributed by atoms with Gasteiger partial charge < -0.3 is 8.97 Å². The van der Waals surface area contributed by atoms with Crippen LogP contribution < -0.4 is 0 Å². The van der Waals surface area contributed by atoms with Gasteiger partial charge >= 0.3 is 0 Å². The van der Waals surface area contributed by atoms with E-state index >= 15 is 0 Å². The van der Waals surface area contributed by atoms with Crippen LogP contribution in [-0.2, 0) is 13.1 Å². The summed E-state index contributed by atoms with van der Waals surface area (Å²) in [6, 6.07) is 12.5. The van der Waals surface area contributed by atoms with Crippen molar-refractivity contribution in [3.8, 4) is 0 Å². The maximum absolute atomic E-state index is 4.61. The van der Waals surface area contributed by atoms with Crippen molar-refractivity contribution in [3.63, 3.8) is 0 Å². The summed E-state index contributed by atoms with van der Waals surface area (Å²) in [4.78, 5) is 14.4. The standard InChI is InChI=1S/C30H54N6/c1-35(2,3)25-15-7-13-21-33(27-29-17-9-11-19-31-29)23-24-34(28-30-18-10-12-20-32-30)22-14-8-16-26-36(4,5)6/h9-12,17-20H,7-8,13-16,21-28H2,1-6H3/q+2. The largest absolute Gasteiger partial charge is 0.331 e. The third-order valence-electron chi connectivity index (χ3n) is 6.56. The summed E-state index contributed by atoms with van der Waals surface area (Å²) in [6.45, 7) is 8.74. The summed E-state index contributed by atoms with van der Waals surface area (Å²) >= 11 is 0. The van der Waals surface area contributed by atoms with Gasteiger partial charge in [0.15, 0.2) is 0 Å². The van der Waals surface area contributed by atoms with E-state index in [4.69, 9.17) is 0 Å². The Morgan fingerprint density at radius 3 is 1.28 bits per heavy atom. The van der Waals surface area contributed by atoms with Gasteiger partial charge in [0.1, 0.15) is 0 Å². The molecule has 0 aromatic carbocycles. The molecule has 0 N–H and O–H groups in total. The van der Waals surface area contributed by atoms with Crippen LogP contribution in [0.25, 0.3) is 0 Å². The molecule has 0 aliphatic rings. The molecule has 202 valence electrons. The van der Waals surface area contributed by atoms with Gasteiger partial charge in [-0.3, -0.25) is 19.8 Å². The average molecular weight is 499 g/mol. The van der Waals surface area contributed by atoms with E-state index in [9.17, 15) is 0 Å². The fraction of sp³-hybridized carbons (Fsp3) is 0.667. The second-order valence-corrected chi connectivity index (χ2v) is 12.3. The Bertz CT molecular complexity index is 728. The van der Waals surface area contributed by atoms with Crippen LogP contribution in [0.5, 0.6) is 0 Å².